The van der Waals surface area contributed by atoms with Crippen LogP contribution in [0.1, 0.15) is 5.69 Å². The van der Waals surface area contributed by atoms with Gasteiger partial charge in [0.05, 0.1) is 11.9 Å². The summed E-state index contributed by atoms with van der Waals surface area (Å²) >= 11 is 7.38. The lowest BCUT2D eigenvalue weighted by atomic mass is 10.1. The highest BCUT2D eigenvalue weighted by atomic mass is 35.5. The molecule has 2 aromatic carbocycles. The average Bonchev–Trinajstić information content (AvgIpc) is 3.10. The summed E-state index contributed by atoms with van der Waals surface area (Å²) in [5.74, 6) is 0.149. The molecule has 7 heteroatoms. The first-order valence-corrected chi connectivity index (χ1v) is 10.1. The average molecular weight is 409 g/mol. The Morgan fingerprint density at radius 2 is 1.96 bits per heavy atom. The number of thioether (sulfide) groups is 1. The molecule has 4 rings (SSSR count). The van der Waals surface area contributed by atoms with Gasteiger partial charge < -0.3 is 5.32 Å². The van der Waals surface area contributed by atoms with Crippen LogP contribution < -0.4 is 5.32 Å². The zero-order valence-corrected chi connectivity index (χ0v) is 16.7. The maximum Gasteiger partial charge on any atom is 0.234 e. The molecule has 4 aromatic rings. The first-order chi connectivity index (χ1) is 13.6. The third-order valence-corrected chi connectivity index (χ3v) is 5.34. The number of nitrogens with zero attached hydrogens (tertiary/aromatic N) is 3. The van der Waals surface area contributed by atoms with Gasteiger partial charge >= 0.3 is 0 Å². The van der Waals surface area contributed by atoms with Gasteiger partial charge in [-0.3, -0.25) is 4.79 Å². The number of nitrogens with one attached hydrogen (secondary N) is 1. The van der Waals surface area contributed by atoms with Gasteiger partial charge in [-0.25, -0.2) is 9.50 Å². The Balaban J connectivity index is 1.56. The molecule has 0 saturated carbocycles. The maximum atomic E-state index is 12.3. The number of halogens is 1. The van der Waals surface area contributed by atoms with Crippen molar-refractivity contribution in [2.24, 2.45) is 0 Å². The van der Waals surface area contributed by atoms with E-state index in [1.807, 2.05) is 55.6 Å². The molecule has 28 heavy (non-hydrogen) atoms. The van der Waals surface area contributed by atoms with Crippen molar-refractivity contribution >= 4 is 40.6 Å². The van der Waals surface area contributed by atoms with Crippen molar-refractivity contribution in [3.05, 3.63) is 77.6 Å². The zero-order chi connectivity index (χ0) is 19.5. The molecule has 2 aromatic heterocycles. The standard InChI is InChI=1S/C21H17ClN4OS/c1-14-10-20(28-13-19(27)25-17-9-5-8-16(22)11-17)26-21(24-14)18(12-23-26)15-6-3-2-4-7-15/h2-12H,13H2,1H3,(H,25,27). The van der Waals surface area contributed by atoms with E-state index in [0.717, 1.165) is 27.5 Å². The van der Waals surface area contributed by atoms with Crippen molar-refractivity contribution in [1.82, 2.24) is 14.6 Å². The van der Waals surface area contributed by atoms with E-state index in [2.05, 4.69) is 15.4 Å². The summed E-state index contributed by atoms with van der Waals surface area (Å²) in [7, 11) is 0. The van der Waals surface area contributed by atoms with E-state index in [0.29, 0.717) is 10.7 Å². The fourth-order valence-electron chi connectivity index (χ4n) is 2.88. The van der Waals surface area contributed by atoms with Crippen LogP contribution >= 0.6 is 23.4 Å². The molecule has 0 spiro atoms. The Bertz CT molecular complexity index is 1140. The second-order valence-electron chi connectivity index (χ2n) is 6.24. The Morgan fingerprint density at radius 1 is 1.14 bits per heavy atom. The summed E-state index contributed by atoms with van der Waals surface area (Å²) in [6.45, 7) is 1.94. The Hall–Kier alpha value is -2.83. The number of hydrogen-bond donors (Lipinski definition) is 1. The molecule has 140 valence electrons. The van der Waals surface area contributed by atoms with Gasteiger partial charge in [-0.15, -0.1) is 0 Å². The molecule has 1 amide bonds. The first kappa shape index (κ1) is 18.5. The number of fused-ring (bicyclic) bond motifs is 1. The highest BCUT2D eigenvalue weighted by Gasteiger charge is 2.13. The van der Waals surface area contributed by atoms with Crippen molar-refractivity contribution in [1.29, 1.82) is 0 Å². The molecule has 0 unspecified atom stereocenters. The normalized spacial score (nSPS) is 10.9. The van der Waals surface area contributed by atoms with E-state index in [-0.39, 0.29) is 11.7 Å². The van der Waals surface area contributed by atoms with Crippen LogP contribution in [0, 0.1) is 6.92 Å². The first-order valence-electron chi connectivity index (χ1n) is 8.69. The molecule has 5 nitrogen and oxygen atoms in total. The van der Waals surface area contributed by atoms with Gasteiger partial charge in [-0.05, 0) is 36.8 Å². The summed E-state index contributed by atoms with van der Waals surface area (Å²) in [6.07, 6.45) is 1.81. The fourth-order valence-corrected chi connectivity index (χ4v) is 3.93. The van der Waals surface area contributed by atoms with Crippen molar-refractivity contribution in [3.8, 4) is 11.1 Å². The summed E-state index contributed by atoms with van der Waals surface area (Å²) in [4.78, 5) is 17.0. The van der Waals surface area contributed by atoms with Crippen molar-refractivity contribution in [3.63, 3.8) is 0 Å². The molecule has 0 saturated heterocycles. The highest BCUT2D eigenvalue weighted by molar-refractivity contribution is 7.99. The van der Waals surface area contributed by atoms with Crippen molar-refractivity contribution in [2.75, 3.05) is 11.1 Å². The number of aryl methyl sites for hydroxylation is 1. The minimum atomic E-state index is -0.106. The minimum Gasteiger partial charge on any atom is -0.325 e. The van der Waals surface area contributed by atoms with Gasteiger partial charge in [0.15, 0.2) is 5.65 Å². The number of hydrogen-bond acceptors (Lipinski definition) is 4. The molecule has 0 aliphatic heterocycles. The predicted molar refractivity (Wildman–Crippen MR) is 114 cm³/mol. The largest absolute Gasteiger partial charge is 0.325 e. The van der Waals surface area contributed by atoms with E-state index >= 15 is 0 Å². The predicted octanol–water partition coefficient (Wildman–Crippen LogP) is 5.09. The Kier molecular flexibility index (Phi) is 5.32. The van der Waals surface area contributed by atoms with Gasteiger partial charge in [-0.1, -0.05) is 59.8 Å². The Morgan fingerprint density at radius 3 is 2.75 bits per heavy atom. The molecule has 0 bridgehead atoms. The van der Waals surface area contributed by atoms with Crippen LogP contribution in [0.5, 0.6) is 0 Å². The van der Waals surface area contributed by atoms with Crippen LogP contribution in [0.15, 0.2) is 71.9 Å². The summed E-state index contributed by atoms with van der Waals surface area (Å²) in [5, 5.41) is 8.80. The molecule has 2 heterocycles. The van der Waals surface area contributed by atoms with Gasteiger partial charge in [0, 0.05) is 22.0 Å². The lowest BCUT2D eigenvalue weighted by Crippen LogP contribution is -2.14. The van der Waals surface area contributed by atoms with Crippen molar-refractivity contribution < 1.29 is 4.79 Å². The maximum absolute atomic E-state index is 12.3. The fraction of sp³-hybridized carbons (Fsp3) is 0.0952. The zero-order valence-electron chi connectivity index (χ0n) is 15.1. The SMILES string of the molecule is Cc1cc(SCC(=O)Nc2cccc(Cl)c2)n2ncc(-c3ccccc3)c2n1. The van der Waals surface area contributed by atoms with Crippen LogP contribution in [0.4, 0.5) is 5.69 Å². The number of aromatic nitrogens is 3. The lowest BCUT2D eigenvalue weighted by Gasteiger charge is -2.08. The van der Waals surface area contributed by atoms with E-state index < -0.39 is 0 Å². The minimum absolute atomic E-state index is 0.106. The van der Waals surface area contributed by atoms with Gasteiger partial charge in [0.25, 0.3) is 0 Å². The number of carbonyl (C=O) groups excluding carboxylic acids is 1. The van der Waals surface area contributed by atoms with E-state index in [4.69, 9.17) is 11.6 Å². The highest BCUT2D eigenvalue weighted by Crippen LogP contribution is 2.27. The number of anilines is 1. The molecule has 0 aliphatic carbocycles. The number of amides is 1. The number of carbonyl (C=O) groups is 1. The van der Waals surface area contributed by atoms with Crippen LogP contribution in [-0.2, 0) is 4.79 Å². The van der Waals surface area contributed by atoms with Crippen LogP contribution in [0.3, 0.4) is 0 Å². The van der Waals surface area contributed by atoms with Crippen molar-refractivity contribution in [2.45, 2.75) is 11.9 Å². The van der Waals surface area contributed by atoms with Crippen LogP contribution in [0.2, 0.25) is 5.02 Å². The third kappa shape index (κ3) is 4.03. The second kappa shape index (κ2) is 8.04. The molecule has 1 N–H and O–H groups in total. The Labute approximate surface area is 171 Å². The topological polar surface area (TPSA) is 59.3 Å². The number of benzene rings is 2. The monoisotopic (exact) mass is 408 g/mol. The number of rotatable bonds is 5. The van der Waals surface area contributed by atoms with Gasteiger partial charge in [-0.2, -0.15) is 5.10 Å². The molecule has 0 atom stereocenters. The lowest BCUT2D eigenvalue weighted by molar-refractivity contribution is -0.113. The molecule has 0 radical (unpaired) electrons. The van der Waals surface area contributed by atoms with E-state index in [1.54, 1.807) is 22.7 Å². The molecule has 0 fully saturated rings. The molecular weight excluding hydrogens is 392 g/mol. The summed E-state index contributed by atoms with van der Waals surface area (Å²) in [6, 6.07) is 19.1. The van der Waals surface area contributed by atoms with Gasteiger partial charge in [0.1, 0.15) is 5.03 Å². The van der Waals surface area contributed by atoms with Crippen LogP contribution in [0.25, 0.3) is 16.8 Å². The second-order valence-corrected chi connectivity index (χ2v) is 7.67. The summed E-state index contributed by atoms with van der Waals surface area (Å²) in [5.41, 5.74) is 4.37. The van der Waals surface area contributed by atoms with E-state index in [9.17, 15) is 4.79 Å². The van der Waals surface area contributed by atoms with Crippen LogP contribution in [-0.4, -0.2) is 26.3 Å². The quantitative estimate of drug-likeness (QED) is 0.369. The molecule has 0 aliphatic rings. The third-order valence-electron chi connectivity index (χ3n) is 4.11. The smallest absolute Gasteiger partial charge is 0.234 e. The molecular formula is C21H17ClN4OS. The summed E-state index contributed by atoms with van der Waals surface area (Å²) < 4.78 is 1.78. The van der Waals surface area contributed by atoms with Gasteiger partial charge in [0.2, 0.25) is 5.91 Å². The van der Waals surface area contributed by atoms with E-state index in [1.165, 1.54) is 11.8 Å².